The molecule has 1 aromatic heterocycles. The molecule has 10 heteroatoms. The molecule has 1 atom stereocenters. The van der Waals surface area contributed by atoms with Gasteiger partial charge in [-0.15, -0.1) is 10.2 Å². The van der Waals surface area contributed by atoms with Crippen LogP contribution < -0.4 is 0 Å². The van der Waals surface area contributed by atoms with E-state index in [2.05, 4.69) is 10.2 Å². The molecule has 1 aliphatic heterocycles. The molecule has 2 heterocycles. The van der Waals surface area contributed by atoms with Gasteiger partial charge in [-0.1, -0.05) is 23.9 Å². The summed E-state index contributed by atoms with van der Waals surface area (Å²) < 4.78 is 28.4. The minimum atomic E-state index is -2.91. The lowest BCUT2D eigenvalue weighted by Crippen LogP contribution is -2.07. The van der Waals surface area contributed by atoms with Crippen molar-refractivity contribution in [1.29, 1.82) is 0 Å². The number of nitro benzene ring substituents is 1. The Hall–Kier alpha value is -1.94. The van der Waals surface area contributed by atoms with E-state index >= 15 is 0 Å². The highest BCUT2D eigenvalue weighted by molar-refractivity contribution is 7.98. The summed E-state index contributed by atoms with van der Waals surface area (Å²) >= 11 is 1.34. The molecule has 0 saturated carbocycles. The highest BCUT2D eigenvalue weighted by Gasteiger charge is 2.29. The molecule has 0 amide bonds. The van der Waals surface area contributed by atoms with Gasteiger partial charge in [0.25, 0.3) is 10.9 Å². The van der Waals surface area contributed by atoms with Crippen molar-refractivity contribution in [2.24, 2.45) is 5.92 Å². The van der Waals surface area contributed by atoms with Crippen LogP contribution in [0.4, 0.5) is 5.69 Å². The van der Waals surface area contributed by atoms with Crippen LogP contribution in [-0.4, -0.2) is 35.0 Å². The molecule has 128 valence electrons. The summed E-state index contributed by atoms with van der Waals surface area (Å²) in [5.41, 5.74) is 0.961. The highest BCUT2D eigenvalue weighted by Crippen LogP contribution is 2.26. The zero-order chi connectivity index (χ0) is 17.2. The Bertz CT molecular complexity index is 832. The zero-order valence-corrected chi connectivity index (χ0v) is 14.3. The van der Waals surface area contributed by atoms with Crippen molar-refractivity contribution in [1.82, 2.24) is 10.2 Å². The molecule has 0 radical (unpaired) electrons. The van der Waals surface area contributed by atoms with E-state index in [4.69, 9.17) is 4.42 Å². The molecule has 0 spiro atoms. The van der Waals surface area contributed by atoms with Gasteiger partial charge in [0.2, 0.25) is 5.89 Å². The van der Waals surface area contributed by atoms with Gasteiger partial charge in [0.1, 0.15) is 0 Å². The molecule has 2 aromatic rings. The zero-order valence-electron chi connectivity index (χ0n) is 12.6. The van der Waals surface area contributed by atoms with Crippen molar-refractivity contribution < 1.29 is 17.8 Å². The fraction of sp³-hybridized carbons (Fsp3) is 0.429. The van der Waals surface area contributed by atoms with Crippen molar-refractivity contribution in [3.8, 4) is 0 Å². The summed E-state index contributed by atoms with van der Waals surface area (Å²) in [6.45, 7) is 0. The van der Waals surface area contributed by atoms with Gasteiger partial charge in [0.05, 0.1) is 16.4 Å². The van der Waals surface area contributed by atoms with Crippen molar-refractivity contribution in [3.63, 3.8) is 0 Å². The maximum Gasteiger partial charge on any atom is 0.276 e. The number of hydrogen-bond acceptors (Lipinski definition) is 8. The van der Waals surface area contributed by atoms with Crippen LogP contribution in [0.5, 0.6) is 0 Å². The largest absolute Gasteiger partial charge is 0.416 e. The summed E-state index contributed by atoms with van der Waals surface area (Å²) in [5, 5.41) is 18.9. The van der Waals surface area contributed by atoms with Crippen molar-refractivity contribution in [2.75, 3.05) is 11.5 Å². The Kier molecular flexibility index (Phi) is 4.86. The fourth-order valence-corrected chi connectivity index (χ4v) is 5.12. The minimum absolute atomic E-state index is 0.0444. The number of rotatable bonds is 6. The van der Waals surface area contributed by atoms with Crippen LogP contribution in [0.2, 0.25) is 0 Å². The highest BCUT2D eigenvalue weighted by atomic mass is 32.2. The van der Waals surface area contributed by atoms with Crippen LogP contribution in [0.3, 0.4) is 0 Å². The third-order valence-corrected chi connectivity index (χ3v) is 6.47. The molecule has 0 aliphatic carbocycles. The van der Waals surface area contributed by atoms with Gasteiger partial charge in [-0.05, 0) is 17.9 Å². The predicted octanol–water partition coefficient (Wildman–Crippen LogP) is 2.25. The predicted molar refractivity (Wildman–Crippen MR) is 87.4 cm³/mol. The summed E-state index contributed by atoms with van der Waals surface area (Å²) in [6.07, 6.45) is 1.11. The Morgan fingerprint density at radius 1 is 1.29 bits per heavy atom. The topological polar surface area (TPSA) is 116 Å². The number of hydrogen-bond donors (Lipinski definition) is 0. The van der Waals surface area contributed by atoms with E-state index in [9.17, 15) is 18.5 Å². The molecule has 0 bridgehead atoms. The average molecular weight is 369 g/mol. The SMILES string of the molecule is O=[N+]([O-])c1ccc(CSc2nnc(C[C@H]3CCS(=O)(=O)C3)o2)cc1. The number of benzene rings is 1. The summed E-state index contributed by atoms with van der Waals surface area (Å²) in [6, 6.07) is 6.28. The van der Waals surface area contributed by atoms with E-state index in [0.717, 1.165) is 5.56 Å². The first-order chi connectivity index (χ1) is 11.4. The first kappa shape index (κ1) is 16.9. The lowest BCUT2D eigenvalue weighted by atomic mass is 10.1. The number of thioether (sulfide) groups is 1. The monoisotopic (exact) mass is 369 g/mol. The number of non-ortho nitro benzene ring substituents is 1. The number of nitrogens with zero attached hydrogens (tertiary/aromatic N) is 3. The summed E-state index contributed by atoms with van der Waals surface area (Å²) in [7, 11) is -2.91. The molecule has 0 unspecified atom stereocenters. The van der Waals surface area contributed by atoms with Crippen LogP contribution in [0.1, 0.15) is 17.9 Å². The number of sulfone groups is 1. The number of nitro groups is 1. The Labute approximate surface area is 142 Å². The minimum Gasteiger partial charge on any atom is -0.416 e. The van der Waals surface area contributed by atoms with Gasteiger partial charge < -0.3 is 4.42 Å². The molecule has 1 fully saturated rings. The average Bonchev–Trinajstić information content (AvgIpc) is 3.12. The molecular formula is C14H15N3O5S2. The van der Waals surface area contributed by atoms with E-state index < -0.39 is 14.8 Å². The maximum absolute atomic E-state index is 11.4. The van der Waals surface area contributed by atoms with Crippen LogP contribution in [0, 0.1) is 16.0 Å². The van der Waals surface area contributed by atoms with Gasteiger partial charge >= 0.3 is 0 Å². The maximum atomic E-state index is 11.4. The fourth-order valence-electron chi connectivity index (χ4n) is 2.52. The molecule has 3 rings (SSSR count). The Morgan fingerprint density at radius 3 is 2.67 bits per heavy atom. The van der Waals surface area contributed by atoms with Crippen LogP contribution >= 0.6 is 11.8 Å². The molecule has 8 nitrogen and oxygen atoms in total. The number of aromatic nitrogens is 2. The van der Waals surface area contributed by atoms with Gasteiger partial charge in [0.15, 0.2) is 9.84 Å². The van der Waals surface area contributed by atoms with E-state index in [0.29, 0.717) is 29.7 Å². The second-order valence-corrected chi connectivity index (χ2v) is 8.80. The van der Waals surface area contributed by atoms with E-state index in [1.807, 2.05) is 0 Å². The quantitative estimate of drug-likeness (QED) is 0.432. The van der Waals surface area contributed by atoms with Crippen molar-refractivity contribution in [2.45, 2.75) is 23.8 Å². The smallest absolute Gasteiger partial charge is 0.276 e. The summed E-state index contributed by atoms with van der Waals surface area (Å²) in [5.74, 6) is 1.46. The molecule has 1 aromatic carbocycles. The molecule has 1 aliphatic rings. The second kappa shape index (κ2) is 6.89. The third kappa shape index (κ3) is 4.32. The van der Waals surface area contributed by atoms with Crippen LogP contribution in [0.25, 0.3) is 0 Å². The van der Waals surface area contributed by atoms with E-state index in [-0.39, 0.29) is 23.1 Å². The first-order valence-electron chi connectivity index (χ1n) is 7.30. The normalized spacial score (nSPS) is 19.4. The third-order valence-electron chi connectivity index (χ3n) is 3.75. The first-order valence-corrected chi connectivity index (χ1v) is 10.1. The van der Waals surface area contributed by atoms with Gasteiger partial charge in [-0.2, -0.15) is 0 Å². The van der Waals surface area contributed by atoms with Crippen molar-refractivity contribution >= 4 is 27.3 Å². The van der Waals surface area contributed by atoms with Crippen molar-refractivity contribution in [3.05, 3.63) is 45.8 Å². The van der Waals surface area contributed by atoms with Gasteiger partial charge in [-0.25, -0.2) is 8.42 Å². The Morgan fingerprint density at radius 2 is 2.04 bits per heavy atom. The summed E-state index contributed by atoms with van der Waals surface area (Å²) in [4.78, 5) is 10.2. The van der Waals surface area contributed by atoms with E-state index in [1.165, 1.54) is 23.9 Å². The Balaban J connectivity index is 1.53. The second-order valence-electron chi connectivity index (χ2n) is 5.65. The molecule has 1 saturated heterocycles. The van der Waals surface area contributed by atoms with Crippen LogP contribution in [0.15, 0.2) is 33.9 Å². The molecule has 24 heavy (non-hydrogen) atoms. The molecular weight excluding hydrogens is 354 g/mol. The van der Waals surface area contributed by atoms with Gasteiger partial charge in [-0.3, -0.25) is 10.1 Å². The standard InChI is InChI=1S/C14H15N3O5S2/c18-17(19)12-3-1-10(2-4-12)8-23-14-16-15-13(22-14)7-11-5-6-24(20,21)9-11/h1-4,11H,5-9H2/t11-/m1/s1. The van der Waals surface area contributed by atoms with E-state index in [1.54, 1.807) is 12.1 Å². The lowest BCUT2D eigenvalue weighted by molar-refractivity contribution is -0.384. The lowest BCUT2D eigenvalue weighted by Gasteiger charge is -2.02. The van der Waals surface area contributed by atoms with Crippen LogP contribution in [-0.2, 0) is 22.0 Å². The molecule has 0 N–H and O–H groups in total. The van der Waals surface area contributed by atoms with Gasteiger partial charge in [0, 0.05) is 24.3 Å².